The molecule has 4 nitrogen and oxygen atoms in total. The fraction of sp³-hybridized carbons (Fsp3) is 0.381. The molecule has 1 aliphatic rings. The Hall–Kier alpha value is -2.11. The molecule has 3 rings (SSSR count). The summed E-state index contributed by atoms with van der Waals surface area (Å²) in [6.07, 6.45) is 5.25. The molecule has 1 aromatic heterocycles. The maximum atomic E-state index is 12.6. The van der Waals surface area contributed by atoms with Gasteiger partial charge < -0.3 is 9.16 Å². The third-order valence-corrected chi connectivity index (χ3v) is 9.78. The zero-order valence-corrected chi connectivity index (χ0v) is 17.2. The Labute approximate surface area is 156 Å². The van der Waals surface area contributed by atoms with Gasteiger partial charge in [-0.3, -0.25) is 9.36 Å². The van der Waals surface area contributed by atoms with Gasteiger partial charge in [0.15, 0.2) is 14.5 Å². The van der Waals surface area contributed by atoms with Crippen LogP contribution in [0.2, 0.25) is 18.1 Å². The molecule has 26 heavy (non-hydrogen) atoms. The summed E-state index contributed by atoms with van der Waals surface area (Å²) in [5, 5.41) is 0.149. The van der Waals surface area contributed by atoms with Crippen molar-refractivity contribution in [1.29, 1.82) is 0 Å². The Morgan fingerprint density at radius 2 is 1.92 bits per heavy atom. The third-order valence-electron chi connectivity index (χ3n) is 5.30. The zero-order chi connectivity index (χ0) is 18.9. The molecule has 0 saturated heterocycles. The van der Waals surface area contributed by atoms with E-state index in [9.17, 15) is 4.79 Å². The van der Waals surface area contributed by atoms with Crippen LogP contribution in [0.1, 0.15) is 38.1 Å². The van der Waals surface area contributed by atoms with Gasteiger partial charge in [0.05, 0.1) is 6.61 Å². The van der Waals surface area contributed by atoms with Crippen molar-refractivity contribution in [3.05, 3.63) is 70.2 Å². The van der Waals surface area contributed by atoms with Crippen molar-refractivity contribution in [2.24, 2.45) is 0 Å². The molecule has 2 aromatic rings. The van der Waals surface area contributed by atoms with E-state index in [-0.39, 0.29) is 10.6 Å². The van der Waals surface area contributed by atoms with Crippen LogP contribution >= 0.6 is 0 Å². The zero-order valence-electron chi connectivity index (χ0n) is 16.2. The number of benzene rings is 1. The Balaban J connectivity index is 1.74. The molecular weight excluding hydrogens is 342 g/mol. The first kappa shape index (κ1) is 18.7. The molecule has 2 heterocycles. The van der Waals surface area contributed by atoms with E-state index < -0.39 is 14.5 Å². The van der Waals surface area contributed by atoms with E-state index in [1.165, 1.54) is 0 Å². The average molecular weight is 370 g/mol. The second-order valence-electron chi connectivity index (χ2n) is 8.23. The largest absolute Gasteiger partial charge is 0.466 e. The standard InChI is InChI=1S/C21H27NO3Si/c1-21(2,3)26(4,5)24-15-16-12-13-22(19(23)14-16)20-11-10-17-8-6-7-9-18(17)25-20/h6-14,20H,15H2,1-5H3. The lowest BCUT2D eigenvalue weighted by Gasteiger charge is -2.36. The SMILES string of the molecule is CC(C)(C)[Si](C)(C)OCc1ccn(C2C=Cc3ccccc3O2)c(=O)c1. The normalized spacial score (nSPS) is 16.9. The first-order valence-electron chi connectivity index (χ1n) is 8.96. The minimum Gasteiger partial charge on any atom is -0.466 e. The van der Waals surface area contributed by atoms with E-state index in [0.717, 1.165) is 16.9 Å². The van der Waals surface area contributed by atoms with E-state index in [0.29, 0.717) is 6.61 Å². The van der Waals surface area contributed by atoms with E-state index in [4.69, 9.17) is 9.16 Å². The second kappa shape index (κ2) is 6.89. The van der Waals surface area contributed by atoms with Gasteiger partial charge in [-0.1, -0.05) is 39.0 Å². The highest BCUT2D eigenvalue weighted by Gasteiger charge is 2.37. The summed E-state index contributed by atoms with van der Waals surface area (Å²) >= 11 is 0. The van der Waals surface area contributed by atoms with Crippen LogP contribution in [0.3, 0.4) is 0 Å². The van der Waals surface area contributed by atoms with E-state index in [1.54, 1.807) is 16.8 Å². The monoisotopic (exact) mass is 369 g/mol. The Morgan fingerprint density at radius 1 is 1.19 bits per heavy atom. The first-order chi connectivity index (χ1) is 12.2. The summed E-state index contributed by atoms with van der Waals surface area (Å²) in [6, 6.07) is 11.4. The van der Waals surface area contributed by atoms with Gasteiger partial charge in [0, 0.05) is 17.8 Å². The van der Waals surface area contributed by atoms with Gasteiger partial charge in [0.1, 0.15) is 5.75 Å². The molecule has 0 fully saturated rings. The highest BCUT2D eigenvalue weighted by atomic mass is 28.4. The summed E-state index contributed by atoms with van der Waals surface area (Å²) in [5.41, 5.74) is 1.84. The van der Waals surface area contributed by atoms with Crippen molar-refractivity contribution in [3.8, 4) is 5.75 Å². The summed E-state index contributed by atoms with van der Waals surface area (Å²) in [5.74, 6) is 0.789. The number of hydrogen-bond acceptors (Lipinski definition) is 3. The lowest BCUT2D eigenvalue weighted by Crippen LogP contribution is -2.40. The molecule has 0 saturated carbocycles. The number of para-hydroxylation sites is 1. The number of hydrogen-bond donors (Lipinski definition) is 0. The molecular formula is C21H27NO3Si. The number of rotatable bonds is 4. The topological polar surface area (TPSA) is 40.5 Å². The molecule has 0 amide bonds. The molecule has 1 aromatic carbocycles. The maximum absolute atomic E-state index is 12.6. The highest BCUT2D eigenvalue weighted by Crippen LogP contribution is 2.37. The molecule has 138 valence electrons. The van der Waals surface area contributed by atoms with E-state index in [1.807, 2.05) is 42.5 Å². The molecule has 1 aliphatic heterocycles. The van der Waals surface area contributed by atoms with Crippen LogP contribution in [0.4, 0.5) is 0 Å². The van der Waals surface area contributed by atoms with Crippen molar-refractivity contribution in [3.63, 3.8) is 0 Å². The van der Waals surface area contributed by atoms with Crippen LogP contribution in [0.25, 0.3) is 6.08 Å². The van der Waals surface area contributed by atoms with Gasteiger partial charge in [-0.15, -0.1) is 0 Å². The van der Waals surface area contributed by atoms with Crippen LogP contribution < -0.4 is 10.3 Å². The lowest BCUT2D eigenvalue weighted by molar-refractivity contribution is 0.174. The number of ether oxygens (including phenoxy) is 1. The van der Waals surface area contributed by atoms with Gasteiger partial charge >= 0.3 is 0 Å². The molecule has 1 unspecified atom stereocenters. The Kier molecular flexibility index (Phi) is 4.95. The fourth-order valence-electron chi connectivity index (χ4n) is 2.54. The van der Waals surface area contributed by atoms with E-state index in [2.05, 4.69) is 33.9 Å². The van der Waals surface area contributed by atoms with Gasteiger partial charge in [0.25, 0.3) is 5.56 Å². The van der Waals surface area contributed by atoms with Gasteiger partial charge in [-0.25, -0.2) is 0 Å². The van der Waals surface area contributed by atoms with Crippen molar-refractivity contribution in [2.45, 2.75) is 51.7 Å². The van der Waals surface area contributed by atoms with Crippen LogP contribution in [-0.4, -0.2) is 12.9 Å². The van der Waals surface area contributed by atoms with Crippen LogP contribution in [0.15, 0.2) is 53.5 Å². The van der Waals surface area contributed by atoms with Crippen molar-refractivity contribution < 1.29 is 9.16 Å². The van der Waals surface area contributed by atoms with Gasteiger partial charge in [0.2, 0.25) is 0 Å². The Bertz CT molecular complexity index is 877. The number of pyridine rings is 1. The minimum atomic E-state index is -1.84. The van der Waals surface area contributed by atoms with E-state index >= 15 is 0 Å². The number of fused-ring (bicyclic) bond motifs is 1. The summed E-state index contributed by atoms with van der Waals surface area (Å²) in [7, 11) is -1.84. The average Bonchev–Trinajstić information content (AvgIpc) is 2.59. The molecule has 5 heteroatoms. The van der Waals surface area contributed by atoms with Crippen molar-refractivity contribution >= 4 is 14.4 Å². The van der Waals surface area contributed by atoms with Crippen LogP contribution in [0, 0.1) is 0 Å². The summed E-state index contributed by atoms with van der Waals surface area (Å²) in [4.78, 5) is 12.6. The number of aromatic nitrogens is 1. The highest BCUT2D eigenvalue weighted by molar-refractivity contribution is 6.74. The smallest absolute Gasteiger partial charge is 0.254 e. The summed E-state index contributed by atoms with van der Waals surface area (Å²) < 4.78 is 13.8. The van der Waals surface area contributed by atoms with Crippen molar-refractivity contribution in [2.75, 3.05) is 0 Å². The molecule has 0 aliphatic carbocycles. The van der Waals surface area contributed by atoms with Gasteiger partial charge in [-0.2, -0.15) is 0 Å². The fourth-order valence-corrected chi connectivity index (χ4v) is 3.50. The molecule has 1 atom stereocenters. The number of nitrogens with zero attached hydrogens (tertiary/aromatic N) is 1. The first-order valence-corrected chi connectivity index (χ1v) is 11.9. The minimum absolute atomic E-state index is 0.0876. The second-order valence-corrected chi connectivity index (χ2v) is 13.0. The van der Waals surface area contributed by atoms with Crippen molar-refractivity contribution in [1.82, 2.24) is 4.57 Å². The lowest BCUT2D eigenvalue weighted by atomic mass is 10.1. The molecule has 0 spiro atoms. The molecule has 0 bridgehead atoms. The summed E-state index contributed by atoms with van der Waals surface area (Å²) in [6.45, 7) is 11.5. The molecule has 0 radical (unpaired) electrons. The quantitative estimate of drug-likeness (QED) is 0.714. The molecule has 0 N–H and O–H groups in total. The van der Waals surface area contributed by atoms with Crippen LogP contribution in [0.5, 0.6) is 5.75 Å². The predicted molar refractivity (Wildman–Crippen MR) is 108 cm³/mol. The van der Waals surface area contributed by atoms with Crippen LogP contribution in [-0.2, 0) is 11.0 Å². The predicted octanol–water partition coefficient (Wildman–Crippen LogP) is 4.97. The Morgan fingerprint density at radius 3 is 2.62 bits per heavy atom. The van der Waals surface area contributed by atoms with Gasteiger partial charge in [-0.05, 0) is 48.0 Å². The maximum Gasteiger partial charge on any atom is 0.254 e. The third kappa shape index (κ3) is 3.84.